The number of carbonyl (C=O) groups is 2. The second-order valence-corrected chi connectivity index (χ2v) is 7.34. The normalized spacial score (nSPS) is 10.6. The summed E-state index contributed by atoms with van der Waals surface area (Å²) in [4.78, 5) is 29.0. The minimum Gasteiger partial charge on any atom is -0.452 e. The molecule has 0 fully saturated rings. The van der Waals surface area contributed by atoms with Gasteiger partial charge < -0.3 is 14.6 Å². The first-order chi connectivity index (χ1) is 13.7. The van der Waals surface area contributed by atoms with Crippen LogP contribution in [0.4, 0.5) is 5.69 Å². The maximum atomic E-state index is 12.2. The molecule has 0 saturated carbocycles. The van der Waals surface area contributed by atoms with Crippen molar-refractivity contribution >= 4 is 40.2 Å². The maximum absolute atomic E-state index is 12.2. The largest absolute Gasteiger partial charge is 0.452 e. The van der Waals surface area contributed by atoms with Gasteiger partial charge in [0.15, 0.2) is 6.61 Å². The molecule has 9 heteroatoms. The number of thiophene rings is 2. The number of nitrogens with zero attached hydrogens (tertiary/aromatic N) is 2. The molecule has 28 heavy (non-hydrogen) atoms. The average Bonchev–Trinajstić information content (AvgIpc) is 3.49. The van der Waals surface area contributed by atoms with Gasteiger partial charge in [0.1, 0.15) is 0 Å². The molecule has 0 unspecified atom stereocenters. The third kappa shape index (κ3) is 4.16. The molecule has 1 amide bonds. The number of esters is 1. The number of benzene rings is 1. The molecule has 3 aromatic heterocycles. The summed E-state index contributed by atoms with van der Waals surface area (Å²) in [5.41, 5.74) is 1.80. The molecule has 0 atom stereocenters. The fourth-order valence-corrected chi connectivity index (χ4v) is 3.58. The SMILES string of the molecule is O=C(OCc1nc(-c2ccsc2)no1)c1ccc(NC(=O)c2cccs2)cc1. The molecule has 7 nitrogen and oxygen atoms in total. The predicted molar refractivity (Wildman–Crippen MR) is 105 cm³/mol. The molecular weight excluding hydrogens is 398 g/mol. The van der Waals surface area contributed by atoms with Crippen molar-refractivity contribution < 1.29 is 18.8 Å². The summed E-state index contributed by atoms with van der Waals surface area (Å²) in [5.74, 6) is -0.0397. The van der Waals surface area contributed by atoms with E-state index in [1.165, 1.54) is 22.7 Å². The van der Waals surface area contributed by atoms with Crippen molar-refractivity contribution in [3.8, 4) is 11.4 Å². The van der Waals surface area contributed by atoms with Crippen LogP contribution in [0.3, 0.4) is 0 Å². The highest BCUT2D eigenvalue weighted by atomic mass is 32.1. The molecule has 1 N–H and O–H groups in total. The van der Waals surface area contributed by atoms with Gasteiger partial charge in [0, 0.05) is 16.6 Å². The molecule has 4 aromatic rings. The lowest BCUT2D eigenvalue weighted by molar-refractivity contribution is 0.0430. The third-order valence-electron chi connectivity index (χ3n) is 3.70. The number of nitrogens with one attached hydrogen (secondary N) is 1. The van der Waals surface area contributed by atoms with Crippen molar-refractivity contribution in [2.24, 2.45) is 0 Å². The Labute approximate surface area is 167 Å². The van der Waals surface area contributed by atoms with Gasteiger partial charge >= 0.3 is 5.97 Å². The fraction of sp³-hybridized carbons (Fsp3) is 0.0526. The molecule has 0 spiro atoms. The number of amides is 1. The van der Waals surface area contributed by atoms with Gasteiger partial charge in [-0.25, -0.2) is 4.79 Å². The first-order valence-corrected chi connectivity index (χ1v) is 9.98. The number of aromatic nitrogens is 2. The summed E-state index contributed by atoms with van der Waals surface area (Å²) >= 11 is 2.89. The quantitative estimate of drug-likeness (QED) is 0.471. The summed E-state index contributed by atoms with van der Waals surface area (Å²) in [7, 11) is 0. The summed E-state index contributed by atoms with van der Waals surface area (Å²) in [6.07, 6.45) is 0. The summed E-state index contributed by atoms with van der Waals surface area (Å²) in [5, 5.41) is 12.3. The Morgan fingerprint density at radius 1 is 1.11 bits per heavy atom. The highest BCUT2D eigenvalue weighted by Gasteiger charge is 2.13. The van der Waals surface area contributed by atoms with Crippen LogP contribution in [-0.2, 0) is 11.3 Å². The molecule has 1 aromatic carbocycles. The zero-order chi connectivity index (χ0) is 19.3. The van der Waals surface area contributed by atoms with Crippen molar-refractivity contribution in [3.63, 3.8) is 0 Å². The first kappa shape index (κ1) is 18.1. The third-order valence-corrected chi connectivity index (χ3v) is 5.25. The van der Waals surface area contributed by atoms with Crippen molar-refractivity contribution in [1.82, 2.24) is 10.1 Å². The molecule has 3 heterocycles. The zero-order valence-electron chi connectivity index (χ0n) is 14.3. The summed E-state index contributed by atoms with van der Waals surface area (Å²) in [6.45, 7) is -0.118. The van der Waals surface area contributed by atoms with Gasteiger partial charge in [-0.1, -0.05) is 11.2 Å². The number of anilines is 1. The minimum absolute atomic E-state index is 0.118. The molecule has 0 saturated heterocycles. The van der Waals surface area contributed by atoms with Gasteiger partial charge in [0.25, 0.3) is 11.8 Å². The standard InChI is InChI=1S/C19H13N3O4S2/c23-18(15-2-1-8-28-15)20-14-5-3-12(4-6-14)19(24)25-10-16-21-17(22-26-16)13-7-9-27-11-13/h1-9,11H,10H2,(H,20,23). The van der Waals surface area contributed by atoms with E-state index >= 15 is 0 Å². The van der Waals surface area contributed by atoms with Crippen LogP contribution in [0.5, 0.6) is 0 Å². The van der Waals surface area contributed by atoms with Crippen LogP contribution >= 0.6 is 22.7 Å². The van der Waals surface area contributed by atoms with E-state index in [0.717, 1.165) is 5.56 Å². The number of carbonyl (C=O) groups excluding carboxylic acids is 2. The van der Waals surface area contributed by atoms with Crippen LogP contribution in [-0.4, -0.2) is 22.0 Å². The monoisotopic (exact) mass is 411 g/mol. The highest BCUT2D eigenvalue weighted by molar-refractivity contribution is 7.12. The molecule has 0 radical (unpaired) electrons. The fourth-order valence-electron chi connectivity index (χ4n) is 2.32. The van der Waals surface area contributed by atoms with Crippen LogP contribution in [0.15, 0.2) is 63.1 Å². The molecule has 0 aliphatic heterocycles. The highest BCUT2D eigenvalue weighted by Crippen LogP contribution is 2.19. The van der Waals surface area contributed by atoms with Crippen LogP contribution in [0.2, 0.25) is 0 Å². The van der Waals surface area contributed by atoms with Crippen molar-refractivity contribution in [1.29, 1.82) is 0 Å². The van der Waals surface area contributed by atoms with E-state index in [1.807, 2.05) is 28.3 Å². The Morgan fingerprint density at radius 3 is 2.68 bits per heavy atom. The van der Waals surface area contributed by atoms with E-state index in [1.54, 1.807) is 30.3 Å². The Morgan fingerprint density at radius 2 is 1.96 bits per heavy atom. The topological polar surface area (TPSA) is 94.3 Å². The van der Waals surface area contributed by atoms with Crippen molar-refractivity contribution in [2.45, 2.75) is 6.61 Å². The van der Waals surface area contributed by atoms with E-state index in [2.05, 4.69) is 15.5 Å². The van der Waals surface area contributed by atoms with E-state index in [0.29, 0.717) is 22.0 Å². The van der Waals surface area contributed by atoms with E-state index < -0.39 is 5.97 Å². The molecular formula is C19H13N3O4S2. The molecule has 140 valence electrons. The van der Waals surface area contributed by atoms with E-state index in [9.17, 15) is 9.59 Å². The van der Waals surface area contributed by atoms with Crippen LogP contribution in [0.25, 0.3) is 11.4 Å². The van der Waals surface area contributed by atoms with Gasteiger partial charge in [-0.05, 0) is 47.2 Å². The van der Waals surface area contributed by atoms with Crippen molar-refractivity contribution in [2.75, 3.05) is 5.32 Å². The Hall–Kier alpha value is -3.30. The van der Waals surface area contributed by atoms with Crippen LogP contribution in [0.1, 0.15) is 25.9 Å². The van der Waals surface area contributed by atoms with Crippen LogP contribution < -0.4 is 5.32 Å². The van der Waals surface area contributed by atoms with Gasteiger partial charge in [-0.3, -0.25) is 4.79 Å². The van der Waals surface area contributed by atoms with E-state index in [4.69, 9.17) is 9.26 Å². The number of ether oxygens (including phenoxy) is 1. The van der Waals surface area contributed by atoms with Gasteiger partial charge in [-0.15, -0.1) is 11.3 Å². The molecule has 0 aliphatic carbocycles. The van der Waals surface area contributed by atoms with Gasteiger partial charge in [0.05, 0.1) is 10.4 Å². The molecule has 0 aliphatic rings. The molecule has 0 bridgehead atoms. The van der Waals surface area contributed by atoms with Crippen LogP contribution in [0, 0.1) is 0 Å². The second-order valence-electron chi connectivity index (χ2n) is 5.61. The van der Waals surface area contributed by atoms with Crippen molar-refractivity contribution in [3.05, 3.63) is 74.9 Å². The lowest BCUT2D eigenvalue weighted by Crippen LogP contribution is -2.10. The summed E-state index contributed by atoms with van der Waals surface area (Å²) < 4.78 is 10.3. The predicted octanol–water partition coefficient (Wildman–Crippen LogP) is 4.47. The lowest BCUT2D eigenvalue weighted by Gasteiger charge is -2.05. The van der Waals surface area contributed by atoms with Gasteiger partial charge in [-0.2, -0.15) is 16.3 Å². The molecule has 4 rings (SSSR count). The number of hydrogen-bond donors (Lipinski definition) is 1. The zero-order valence-corrected chi connectivity index (χ0v) is 16.0. The smallest absolute Gasteiger partial charge is 0.338 e. The number of hydrogen-bond acceptors (Lipinski definition) is 8. The van der Waals surface area contributed by atoms with Gasteiger partial charge in [0.2, 0.25) is 5.82 Å². The second kappa shape index (κ2) is 8.15. The Kier molecular flexibility index (Phi) is 5.27. The Bertz CT molecular complexity index is 1070. The first-order valence-electron chi connectivity index (χ1n) is 8.16. The minimum atomic E-state index is -0.522. The lowest BCUT2D eigenvalue weighted by atomic mass is 10.2. The average molecular weight is 411 g/mol. The maximum Gasteiger partial charge on any atom is 0.338 e. The number of rotatable bonds is 6. The van der Waals surface area contributed by atoms with E-state index in [-0.39, 0.29) is 18.4 Å². The summed E-state index contributed by atoms with van der Waals surface area (Å²) in [6, 6.07) is 11.9. The Balaban J connectivity index is 1.33.